The van der Waals surface area contributed by atoms with Gasteiger partial charge in [-0.25, -0.2) is 0 Å². The molecular weight excluding hydrogens is 272 g/mol. The first-order chi connectivity index (χ1) is 7.58. The Labute approximate surface area is 117 Å². The van der Waals surface area contributed by atoms with E-state index in [1.807, 2.05) is 13.8 Å². The van der Waals surface area contributed by atoms with E-state index in [1.165, 1.54) is 11.1 Å². The van der Waals surface area contributed by atoms with E-state index in [4.69, 9.17) is 24.4 Å². The Morgan fingerprint density at radius 3 is 1.44 bits per heavy atom. The minimum Gasteiger partial charge on any atom is -0.114 e. The third-order valence-corrected chi connectivity index (χ3v) is 4.38. The molecule has 0 spiro atoms. The Hall–Kier alpha value is 0.1000. The fourth-order valence-corrected chi connectivity index (χ4v) is 2.58. The second-order valence-electron chi connectivity index (χ2n) is 3.38. The fourth-order valence-electron chi connectivity index (χ4n) is 1.10. The average molecular weight is 287 g/mol. The van der Waals surface area contributed by atoms with Crippen molar-refractivity contribution in [3.05, 3.63) is 35.4 Å². The molecular formula is C12H14S4. The van der Waals surface area contributed by atoms with Crippen molar-refractivity contribution in [1.29, 1.82) is 0 Å². The third kappa shape index (κ3) is 5.99. The van der Waals surface area contributed by atoms with Gasteiger partial charge in [-0.3, -0.25) is 0 Å². The summed E-state index contributed by atoms with van der Waals surface area (Å²) < 4.78 is 1.99. The summed E-state index contributed by atoms with van der Waals surface area (Å²) in [6.45, 7) is 3.93. The molecule has 16 heavy (non-hydrogen) atoms. The van der Waals surface area contributed by atoms with Crippen LogP contribution >= 0.6 is 48.0 Å². The third-order valence-electron chi connectivity index (χ3n) is 1.91. The Morgan fingerprint density at radius 1 is 0.875 bits per heavy atom. The number of thiocarbonyl (C=S) groups is 2. The normalized spacial score (nSPS) is 10.1. The molecule has 0 atom stereocenters. The van der Waals surface area contributed by atoms with Crippen molar-refractivity contribution in [2.75, 3.05) is 0 Å². The van der Waals surface area contributed by atoms with Crippen LogP contribution in [0, 0.1) is 0 Å². The molecule has 1 rings (SSSR count). The summed E-state index contributed by atoms with van der Waals surface area (Å²) in [4.78, 5) is 0. The van der Waals surface area contributed by atoms with E-state index in [-0.39, 0.29) is 0 Å². The summed E-state index contributed by atoms with van der Waals surface area (Å²) >= 11 is 13.5. The van der Waals surface area contributed by atoms with Crippen molar-refractivity contribution in [1.82, 2.24) is 0 Å². The molecule has 1 aromatic carbocycles. The van der Waals surface area contributed by atoms with Crippen LogP contribution in [0.2, 0.25) is 0 Å². The van der Waals surface area contributed by atoms with Gasteiger partial charge >= 0.3 is 0 Å². The fraction of sp³-hybridized carbons (Fsp3) is 0.333. The molecule has 0 nitrogen and oxygen atoms in total. The lowest BCUT2D eigenvalue weighted by Gasteiger charge is -2.03. The molecule has 0 saturated carbocycles. The molecule has 0 N–H and O–H groups in total. The monoisotopic (exact) mass is 286 g/mol. The van der Waals surface area contributed by atoms with Crippen molar-refractivity contribution in [2.45, 2.75) is 25.4 Å². The van der Waals surface area contributed by atoms with Crippen LogP contribution in [-0.4, -0.2) is 8.39 Å². The zero-order valence-electron chi connectivity index (χ0n) is 9.36. The molecule has 0 aliphatic rings. The number of rotatable bonds is 4. The topological polar surface area (TPSA) is 0 Å². The highest BCUT2D eigenvalue weighted by Gasteiger charge is 1.97. The highest BCUT2D eigenvalue weighted by atomic mass is 32.2. The first-order valence-electron chi connectivity index (χ1n) is 4.92. The Morgan fingerprint density at radius 2 is 1.19 bits per heavy atom. The average Bonchev–Trinajstić information content (AvgIpc) is 2.25. The molecule has 1 aromatic rings. The zero-order chi connectivity index (χ0) is 12.0. The quantitative estimate of drug-likeness (QED) is 0.725. The lowest BCUT2D eigenvalue weighted by Crippen LogP contribution is -1.87. The molecule has 0 aromatic heterocycles. The Kier molecular flexibility index (Phi) is 6.58. The molecule has 0 aliphatic heterocycles. The molecule has 0 radical (unpaired) electrons. The van der Waals surface area contributed by atoms with E-state index < -0.39 is 0 Å². The van der Waals surface area contributed by atoms with Crippen molar-refractivity contribution < 1.29 is 0 Å². The molecule has 0 fully saturated rings. The van der Waals surface area contributed by atoms with Gasteiger partial charge in [-0.1, -0.05) is 48.7 Å². The lowest BCUT2D eigenvalue weighted by molar-refractivity contribution is 1.35. The second-order valence-corrected chi connectivity index (χ2v) is 7.50. The summed E-state index contributed by atoms with van der Waals surface area (Å²) in [6.07, 6.45) is 0. The minimum atomic E-state index is 0.967. The summed E-state index contributed by atoms with van der Waals surface area (Å²) in [5, 5.41) is 0. The summed E-state index contributed by atoms with van der Waals surface area (Å²) in [7, 11) is 0. The van der Waals surface area contributed by atoms with Crippen LogP contribution in [0.5, 0.6) is 0 Å². The van der Waals surface area contributed by atoms with E-state index in [9.17, 15) is 0 Å². The second kappa shape index (κ2) is 7.43. The van der Waals surface area contributed by atoms with E-state index in [0.717, 1.165) is 19.9 Å². The van der Waals surface area contributed by atoms with Crippen molar-refractivity contribution in [3.63, 3.8) is 0 Å². The van der Waals surface area contributed by atoms with E-state index in [2.05, 4.69) is 24.3 Å². The van der Waals surface area contributed by atoms with Gasteiger partial charge in [0.2, 0.25) is 0 Å². The van der Waals surface area contributed by atoms with Gasteiger partial charge in [-0.15, -0.1) is 23.5 Å². The summed E-state index contributed by atoms with van der Waals surface area (Å²) in [6, 6.07) is 8.67. The predicted octanol–water partition coefficient (Wildman–Crippen LogP) is 4.85. The van der Waals surface area contributed by atoms with E-state index in [0.29, 0.717) is 0 Å². The van der Waals surface area contributed by atoms with Crippen molar-refractivity contribution >= 4 is 56.4 Å². The maximum absolute atomic E-state index is 5.04. The van der Waals surface area contributed by atoms with Crippen LogP contribution in [0.1, 0.15) is 25.0 Å². The molecule has 0 unspecified atom stereocenters. The van der Waals surface area contributed by atoms with Crippen LogP contribution in [-0.2, 0) is 11.5 Å². The highest BCUT2D eigenvalue weighted by molar-refractivity contribution is 8.22. The Balaban J connectivity index is 2.47. The maximum atomic E-state index is 5.04. The highest BCUT2D eigenvalue weighted by Crippen LogP contribution is 2.18. The van der Waals surface area contributed by atoms with E-state index in [1.54, 1.807) is 23.5 Å². The van der Waals surface area contributed by atoms with Crippen LogP contribution in [0.3, 0.4) is 0 Å². The van der Waals surface area contributed by atoms with E-state index >= 15 is 0 Å². The van der Waals surface area contributed by atoms with Crippen LogP contribution in [0.25, 0.3) is 0 Å². The van der Waals surface area contributed by atoms with Gasteiger partial charge in [0.1, 0.15) is 0 Å². The van der Waals surface area contributed by atoms with Crippen molar-refractivity contribution in [2.24, 2.45) is 0 Å². The molecule has 0 heterocycles. The molecule has 4 heteroatoms. The first kappa shape index (κ1) is 14.2. The largest absolute Gasteiger partial charge is 0.114 e. The molecule has 86 valence electrons. The SMILES string of the molecule is CC(=S)SCc1ccc(CSC(C)=S)cc1. The van der Waals surface area contributed by atoms with Gasteiger partial charge in [0.15, 0.2) is 0 Å². The number of thioether (sulfide) groups is 2. The van der Waals surface area contributed by atoms with Gasteiger partial charge in [-0.05, 0) is 25.0 Å². The minimum absolute atomic E-state index is 0.967. The molecule has 0 amide bonds. The zero-order valence-corrected chi connectivity index (χ0v) is 12.6. The summed E-state index contributed by atoms with van der Waals surface area (Å²) in [5.41, 5.74) is 2.64. The first-order valence-corrected chi connectivity index (χ1v) is 7.71. The molecule has 0 bridgehead atoms. The van der Waals surface area contributed by atoms with Gasteiger partial charge in [-0.2, -0.15) is 0 Å². The van der Waals surface area contributed by atoms with Gasteiger partial charge in [0.25, 0.3) is 0 Å². The maximum Gasteiger partial charge on any atom is 0.0450 e. The summed E-state index contributed by atoms with van der Waals surface area (Å²) in [5.74, 6) is 1.93. The van der Waals surface area contributed by atoms with Crippen molar-refractivity contribution in [3.8, 4) is 0 Å². The van der Waals surface area contributed by atoms with Gasteiger partial charge in [0, 0.05) is 19.9 Å². The number of hydrogen-bond acceptors (Lipinski definition) is 4. The van der Waals surface area contributed by atoms with Crippen LogP contribution < -0.4 is 0 Å². The standard InChI is InChI=1S/C12H14S4/c1-9(13)15-7-11-3-5-12(6-4-11)8-16-10(2)14/h3-6H,7-8H2,1-2H3. The number of benzene rings is 1. The molecule has 0 aliphatic carbocycles. The van der Waals surface area contributed by atoms with Crippen LogP contribution in [0.4, 0.5) is 0 Å². The van der Waals surface area contributed by atoms with Crippen LogP contribution in [0.15, 0.2) is 24.3 Å². The van der Waals surface area contributed by atoms with Gasteiger partial charge < -0.3 is 0 Å². The Bertz CT molecular complexity index is 330. The van der Waals surface area contributed by atoms with Gasteiger partial charge in [0.05, 0.1) is 0 Å². The lowest BCUT2D eigenvalue weighted by atomic mass is 10.2. The predicted molar refractivity (Wildman–Crippen MR) is 85.6 cm³/mol. The number of hydrogen-bond donors (Lipinski definition) is 0. The smallest absolute Gasteiger partial charge is 0.0450 e. The molecule has 0 saturated heterocycles.